The minimum absolute atomic E-state index is 0.0393. The molecular formula is C14H15BrF3N3. The molecule has 0 saturated carbocycles. The maximum atomic E-state index is 12.7. The summed E-state index contributed by atoms with van der Waals surface area (Å²) in [6, 6.07) is 6.36. The lowest BCUT2D eigenvalue weighted by molar-refractivity contribution is -0.141. The summed E-state index contributed by atoms with van der Waals surface area (Å²) in [5, 5.41) is 3.62. The third-order valence-electron chi connectivity index (χ3n) is 3.18. The molecule has 0 amide bonds. The lowest BCUT2D eigenvalue weighted by atomic mass is 10.0. The van der Waals surface area contributed by atoms with Crippen molar-refractivity contribution in [1.29, 1.82) is 0 Å². The van der Waals surface area contributed by atoms with E-state index in [4.69, 9.17) is 5.73 Å². The first-order valence-corrected chi connectivity index (χ1v) is 7.27. The van der Waals surface area contributed by atoms with Crippen LogP contribution >= 0.6 is 15.9 Å². The molecule has 114 valence electrons. The largest absolute Gasteiger partial charge is 0.435 e. The Morgan fingerprint density at radius 3 is 2.62 bits per heavy atom. The van der Waals surface area contributed by atoms with Crippen LogP contribution in [0.1, 0.15) is 24.6 Å². The number of hydrogen-bond donors (Lipinski definition) is 1. The second-order valence-electron chi connectivity index (χ2n) is 4.79. The first kappa shape index (κ1) is 16.0. The monoisotopic (exact) mass is 361 g/mol. The summed E-state index contributed by atoms with van der Waals surface area (Å²) in [6.45, 7) is 1.97. The van der Waals surface area contributed by atoms with Crippen molar-refractivity contribution >= 4 is 15.9 Å². The summed E-state index contributed by atoms with van der Waals surface area (Å²) in [7, 11) is 0. The normalized spacial score (nSPS) is 13.4. The fourth-order valence-electron chi connectivity index (χ4n) is 1.96. The molecule has 0 aliphatic carbocycles. The van der Waals surface area contributed by atoms with Crippen LogP contribution in [0.4, 0.5) is 13.2 Å². The summed E-state index contributed by atoms with van der Waals surface area (Å²) in [5.41, 5.74) is 6.50. The highest BCUT2D eigenvalue weighted by atomic mass is 79.9. The Labute approximate surface area is 129 Å². The lowest BCUT2D eigenvalue weighted by Crippen LogP contribution is -2.22. The van der Waals surface area contributed by atoms with Crippen molar-refractivity contribution in [2.75, 3.05) is 0 Å². The predicted molar refractivity (Wildman–Crippen MR) is 78.2 cm³/mol. The quantitative estimate of drug-likeness (QED) is 0.896. The van der Waals surface area contributed by atoms with Gasteiger partial charge in [0.05, 0.1) is 5.69 Å². The molecule has 1 aromatic carbocycles. The van der Waals surface area contributed by atoms with E-state index in [2.05, 4.69) is 21.0 Å². The van der Waals surface area contributed by atoms with Crippen molar-refractivity contribution < 1.29 is 13.2 Å². The molecule has 1 atom stereocenters. The molecule has 0 radical (unpaired) electrons. The van der Waals surface area contributed by atoms with Crippen molar-refractivity contribution in [3.63, 3.8) is 0 Å². The summed E-state index contributed by atoms with van der Waals surface area (Å²) in [4.78, 5) is 0. The number of hydrogen-bond acceptors (Lipinski definition) is 2. The van der Waals surface area contributed by atoms with Crippen LogP contribution in [0.15, 0.2) is 34.9 Å². The van der Waals surface area contributed by atoms with Gasteiger partial charge in [0.2, 0.25) is 0 Å². The molecule has 0 saturated heterocycles. The average molecular weight is 362 g/mol. The summed E-state index contributed by atoms with van der Waals surface area (Å²) in [5.74, 6) is 0. The molecule has 7 heteroatoms. The standard InChI is InChI=1S/C14H15BrF3N3/c1-2-11(19)7-9-3-4-10(15)8-12(9)21-6-5-13(20-21)14(16,17)18/h3-6,8,11H,2,7,19H2,1H3. The fraction of sp³-hybridized carbons (Fsp3) is 0.357. The second-order valence-corrected chi connectivity index (χ2v) is 5.70. The van der Waals surface area contributed by atoms with Crippen molar-refractivity contribution in [2.45, 2.75) is 32.0 Å². The van der Waals surface area contributed by atoms with Crippen LogP contribution in [-0.2, 0) is 12.6 Å². The fourth-order valence-corrected chi connectivity index (χ4v) is 2.31. The van der Waals surface area contributed by atoms with Crippen LogP contribution in [0, 0.1) is 0 Å². The number of alkyl halides is 3. The predicted octanol–water partition coefficient (Wildman–Crippen LogP) is 3.93. The molecule has 1 unspecified atom stereocenters. The minimum atomic E-state index is -4.45. The molecule has 1 aromatic heterocycles. The Bertz CT molecular complexity index is 622. The Kier molecular flexibility index (Phi) is 4.73. The zero-order valence-corrected chi connectivity index (χ0v) is 12.9. The van der Waals surface area contributed by atoms with Crippen molar-refractivity contribution in [3.8, 4) is 5.69 Å². The van der Waals surface area contributed by atoms with Gasteiger partial charge in [0.15, 0.2) is 5.69 Å². The minimum Gasteiger partial charge on any atom is -0.327 e. The summed E-state index contributed by atoms with van der Waals surface area (Å²) < 4.78 is 40.0. The van der Waals surface area contributed by atoms with Gasteiger partial charge < -0.3 is 5.73 Å². The van der Waals surface area contributed by atoms with E-state index >= 15 is 0 Å². The highest BCUT2D eigenvalue weighted by Crippen LogP contribution is 2.29. The molecule has 0 fully saturated rings. The van der Waals surface area contributed by atoms with Gasteiger partial charge in [-0.15, -0.1) is 0 Å². The third kappa shape index (κ3) is 3.85. The van der Waals surface area contributed by atoms with Crippen LogP contribution in [0.5, 0.6) is 0 Å². The average Bonchev–Trinajstić information content (AvgIpc) is 2.90. The molecule has 2 aromatic rings. The Balaban J connectivity index is 2.42. The maximum Gasteiger partial charge on any atom is 0.435 e. The van der Waals surface area contributed by atoms with E-state index in [1.54, 1.807) is 6.07 Å². The molecule has 0 aliphatic heterocycles. The molecule has 1 heterocycles. The zero-order valence-electron chi connectivity index (χ0n) is 11.4. The van der Waals surface area contributed by atoms with Crippen LogP contribution in [0.25, 0.3) is 5.69 Å². The van der Waals surface area contributed by atoms with Gasteiger partial charge in [-0.2, -0.15) is 18.3 Å². The molecular weight excluding hydrogens is 347 g/mol. The van der Waals surface area contributed by atoms with E-state index in [-0.39, 0.29) is 6.04 Å². The molecule has 21 heavy (non-hydrogen) atoms. The van der Waals surface area contributed by atoms with E-state index < -0.39 is 11.9 Å². The second kappa shape index (κ2) is 6.19. The van der Waals surface area contributed by atoms with E-state index in [1.807, 2.05) is 19.1 Å². The molecule has 0 bridgehead atoms. The number of rotatable bonds is 4. The first-order valence-electron chi connectivity index (χ1n) is 6.48. The van der Waals surface area contributed by atoms with Crippen LogP contribution in [0.3, 0.4) is 0 Å². The maximum absolute atomic E-state index is 12.7. The Morgan fingerprint density at radius 1 is 1.33 bits per heavy atom. The summed E-state index contributed by atoms with van der Waals surface area (Å²) in [6.07, 6.45) is -1.76. The number of halogens is 4. The van der Waals surface area contributed by atoms with E-state index in [0.29, 0.717) is 12.1 Å². The zero-order chi connectivity index (χ0) is 15.6. The van der Waals surface area contributed by atoms with Gasteiger partial charge in [-0.1, -0.05) is 28.9 Å². The van der Waals surface area contributed by atoms with Gasteiger partial charge in [-0.3, -0.25) is 0 Å². The lowest BCUT2D eigenvalue weighted by Gasteiger charge is -2.14. The highest BCUT2D eigenvalue weighted by Gasteiger charge is 2.33. The van der Waals surface area contributed by atoms with Crippen LogP contribution < -0.4 is 5.73 Å². The molecule has 2 rings (SSSR count). The smallest absolute Gasteiger partial charge is 0.327 e. The molecule has 0 aliphatic rings. The van der Waals surface area contributed by atoms with Gasteiger partial charge in [-0.25, -0.2) is 4.68 Å². The van der Waals surface area contributed by atoms with Crippen molar-refractivity contribution in [3.05, 3.63) is 46.2 Å². The van der Waals surface area contributed by atoms with Gasteiger partial charge in [0.25, 0.3) is 0 Å². The van der Waals surface area contributed by atoms with Crippen LogP contribution in [0.2, 0.25) is 0 Å². The van der Waals surface area contributed by atoms with Crippen molar-refractivity contribution in [2.24, 2.45) is 5.73 Å². The summed E-state index contributed by atoms with van der Waals surface area (Å²) >= 11 is 3.33. The highest BCUT2D eigenvalue weighted by molar-refractivity contribution is 9.10. The van der Waals surface area contributed by atoms with E-state index in [1.165, 1.54) is 10.9 Å². The van der Waals surface area contributed by atoms with Gasteiger partial charge in [0.1, 0.15) is 0 Å². The van der Waals surface area contributed by atoms with Crippen LogP contribution in [-0.4, -0.2) is 15.8 Å². The van der Waals surface area contributed by atoms with Gasteiger partial charge in [0, 0.05) is 16.7 Å². The number of nitrogens with two attached hydrogens (primary N) is 1. The first-order chi connectivity index (χ1) is 9.81. The van der Waals surface area contributed by atoms with E-state index in [0.717, 1.165) is 22.5 Å². The number of aromatic nitrogens is 2. The van der Waals surface area contributed by atoms with Crippen molar-refractivity contribution in [1.82, 2.24) is 9.78 Å². The topological polar surface area (TPSA) is 43.8 Å². The number of nitrogens with zero attached hydrogens (tertiary/aromatic N) is 2. The molecule has 2 N–H and O–H groups in total. The SMILES string of the molecule is CCC(N)Cc1ccc(Br)cc1-n1ccc(C(F)(F)F)n1. The molecule has 0 spiro atoms. The van der Waals surface area contributed by atoms with Gasteiger partial charge in [-0.05, 0) is 36.6 Å². The Hall–Kier alpha value is -1.34. The Morgan fingerprint density at radius 2 is 2.05 bits per heavy atom. The van der Waals surface area contributed by atoms with Gasteiger partial charge >= 0.3 is 6.18 Å². The third-order valence-corrected chi connectivity index (χ3v) is 3.67. The number of benzene rings is 1. The molecule has 3 nitrogen and oxygen atoms in total. The van der Waals surface area contributed by atoms with E-state index in [9.17, 15) is 13.2 Å².